The van der Waals surface area contributed by atoms with Crippen LogP contribution < -0.4 is 5.73 Å². The molecule has 0 atom stereocenters. The first-order valence-corrected chi connectivity index (χ1v) is 4.02. The van der Waals surface area contributed by atoms with Gasteiger partial charge in [-0.1, -0.05) is 26.8 Å². The minimum absolute atomic E-state index is 0.115. The second-order valence-corrected chi connectivity index (χ2v) is 3.72. The van der Waals surface area contributed by atoms with Gasteiger partial charge in [-0.3, -0.25) is 0 Å². The summed E-state index contributed by atoms with van der Waals surface area (Å²) in [6.45, 7) is 11.8. The molecule has 0 rings (SSSR count). The molecule has 68 valence electrons. The summed E-state index contributed by atoms with van der Waals surface area (Å²) in [5, 5.41) is 0. The van der Waals surface area contributed by atoms with Crippen LogP contribution >= 0.6 is 0 Å². The summed E-state index contributed by atoms with van der Waals surface area (Å²) in [5.41, 5.74) is 6.83. The first kappa shape index (κ1) is 11.0. The average molecular weight is 166 g/mol. The zero-order valence-corrected chi connectivity index (χ0v) is 8.39. The van der Waals surface area contributed by atoms with Crippen molar-refractivity contribution >= 4 is 6.72 Å². The van der Waals surface area contributed by atoms with Crippen molar-refractivity contribution in [1.29, 1.82) is 0 Å². The van der Waals surface area contributed by atoms with Gasteiger partial charge in [-0.05, 0) is 30.7 Å². The van der Waals surface area contributed by atoms with Crippen molar-refractivity contribution in [2.75, 3.05) is 0 Å². The number of hydrogen-bond donors (Lipinski definition) is 1. The van der Waals surface area contributed by atoms with Gasteiger partial charge in [0.2, 0.25) is 0 Å². The van der Waals surface area contributed by atoms with Crippen LogP contribution in [0.5, 0.6) is 0 Å². The quantitative estimate of drug-likeness (QED) is 0.496. The fourth-order valence-electron chi connectivity index (χ4n) is 0.938. The molecule has 2 N–H and O–H groups in total. The Bertz CT molecular complexity index is 216. The van der Waals surface area contributed by atoms with Crippen molar-refractivity contribution in [3.8, 4) is 0 Å². The van der Waals surface area contributed by atoms with Crippen LogP contribution in [0.1, 0.15) is 27.7 Å². The lowest BCUT2D eigenvalue weighted by atomic mass is 9.86. The Kier molecular flexibility index (Phi) is 3.74. The molecule has 0 saturated carbocycles. The van der Waals surface area contributed by atoms with Crippen LogP contribution in [-0.2, 0) is 0 Å². The molecule has 0 aliphatic heterocycles. The second-order valence-electron chi connectivity index (χ2n) is 3.72. The molecule has 2 heteroatoms. The van der Waals surface area contributed by atoms with Gasteiger partial charge in [-0.25, -0.2) is 4.99 Å². The molecule has 0 amide bonds. The molecule has 0 aliphatic rings. The SMILES string of the molecule is C=N/C(N)=C\C(=C/C)C(C)(C)C. The van der Waals surface area contributed by atoms with E-state index in [-0.39, 0.29) is 5.41 Å². The minimum atomic E-state index is 0.115. The molecule has 0 fully saturated rings. The lowest BCUT2D eigenvalue weighted by molar-refractivity contribution is 0.515. The molecule has 0 saturated heterocycles. The van der Waals surface area contributed by atoms with Crippen molar-refractivity contribution in [2.45, 2.75) is 27.7 Å². The smallest absolute Gasteiger partial charge is 0.122 e. The summed E-state index contributed by atoms with van der Waals surface area (Å²) < 4.78 is 0. The van der Waals surface area contributed by atoms with E-state index in [1.54, 1.807) is 0 Å². The summed E-state index contributed by atoms with van der Waals surface area (Å²) >= 11 is 0. The van der Waals surface area contributed by atoms with Gasteiger partial charge in [0.1, 0.15) is 5.82 Å². The van der Waals surface area contributed by atoms with Crippen LogP contribution in [0.3, 0.4) is 0 Å². The average Bonchev–Trinajstić information content (AvgIpc) is 1.97. The Morgan fingerprint density at radius 3 is 2.17 bits per heavy atom. The van der Waals surface area contributed by atoms with E-state index in [2.05, 4.69) is 32.5 Å². The maximum Gasteiger partial charge on any atom is 0.122 e. The summed E-state index contributed by atoms with van der Waals surface area (Å²) in [5.74, 6) is 0.470. The van der Waals surface area contributed by atoms with Crippen LogP contribution in [-0.4, -0.2) is 6.72 Å². The normalized spacial score (nSPS) is 14.7. The Hall–Kier alpha value is -1.05. The molecule has 2 nitrogen and oxygen atoms in total. The number of hydrogen-bond acceptors (Lipinski definition) is 2. The Morgan fingerprint density at radius 2 is 1.92 bits per heavy atom. The summed E-state index contributed by atoms with van der Waals surface area (Å²) in [6, 6.07) is 0. The van der Waals surface area contributed by atoms with Crippen LogP contribution in [0, 0.1) is 5.41 Å². The number of aliphatic imine (C=N–C) groups is 1. The topological polar surface area (TPSA) is 38.4 Å². The minimum Gasteiger partial charge on any atom is -0.384 e. The highest BCUT2D eigenvalue weighted by Crippen LogP contribution is 2.26. The summed E-state index contributed by atoms with van der Waals surface area (Å²) in [6.07, 6.45) is 3.89. The monoisotopic (exact) mass is 166 g/mol. The number of nitrogens with zero attached hydrogens (tertiary/aromatic N) is 1. The molecule has 12 heavy (non-hydrogen) atoms. The van der Waals surface area contributed by atoms with Crippen molar-refractivity contribution in [3.63, 3.8) is 0 Å². The lowest BCUT2D eigenvalue weighted by Gasteiger charge is -2.19. The van der Waals surface area contributed by atoms with Gasteiger partial charge in [-0.15, -0.1) is 0 Å². The Morgan fingerprint density at radius 1 is 1.42 bits per heavy atom. The van der Waals surface area contributed by atoms with Gasteiger partial charge in [0.15, 0.2) is 0 Å². The van der Waals surface area contributed by atoms with Gasteiger partial charge in [-0.2, -0.15) is 0 Å². The molecule has 0 aromatic rings. The number of nitrogens with two attached hydrogens (primary N) is 1. The first-order valence-electron chi connectivity index (χ1n) is 4.02. The Balaban J connectivity index is 4.74. The fourth-order valence-corrected chi connectivity index (χ4v) is 0.938. The molecular formula is C10H18N2. The van der Waals surface area contributed by atoms with E-state index < -0.39 is 0 Å². The molecule has 0 spiro atoms. The maximum atomic E-state index is 5.54. The number of allylic oxidation sites excluding steroid dienone is 3. The van der Waals surface area contributed by atoms with E-state index in [1.165, 1.54) is 5.57 Å². The highest BCUT2D eigenvalue weighted by atomic mass is 14.9. The molecule has 0 heterocycles. The van der Waals surface area contributed by atoms with E-state index in [0.717, 1.165) is 0 Å². The van der Waals surface area contributed by atoms with E-state index in [9.17, 15) is 0 Å². The van der Waals surface area contributed by atoms with Crippen LogP contribution in [0.4, 0.5) is 0 Å². The molecule has 0 aromatic carbocycles. The van der Waals surface area contributed by atoms with Gasteiger partial charge < -0.3 is 5.73 Å². The largest absolute Gasteiger partial charge is 0.384 e. The third-order valence-corrected chi connectivity index (χ3v) is 1.66. The summed E-state index contributed by atoms with van der Waals surface area (Å²) in [4.78, 5) is 3.64. The molecule has 0 radical (unpaired) electrons. The first-order chi connectivity index (χ1) is 5.41. The molecule has 0 unspecified atom stereocenters. The predicted molar refractivity (Wildman–Crippen MR) is 55.0 cm³/mol. The standard InChI is InChI=1S/C10H18N2/c1-6-8(10(2,3)4)7-9(11)12-5/h6-7H,5,11H2,1-4H3/b8-6+,9-7-. The van der Waals surface area contributed by atoms with E-state index in [0.29, 0.717) is 5.82 Å². The van der Waals surface area contributed by atoms with E-state index >= 15 is 0 Å². The second kappa shape index (κ2) is 4.10. The summed E-state index contributed by atoms with van der Waals surface area (Å²) in [7, 11) is 0. The van der Waals surface area contributed by atoms with Crippen molar-refractivity contribution in [2.24, 2.45) is 16.1 Å². The van der Waals surface area contributed by atoms with Crippen molar-refractivity contribution < 1.29 is 0 Å². The highest BCUT2D eigenvalue weighted by molar-refractivity contribution is 5.32. The van der Waals surface area contributed by atoms with E-state index in [1.807, 2.05) is 19.1 Å². The van der Waals surface area contributed by atoms with Crippen LogP contribution in [0.2, 0.25) is 0 Å². The van der Waals surface area contributed by atoms with Crippen molar-refractivity contribution in [3.05, 3.63) is 23.5 Å². The zero-order chi connectivity index (χ0) is 9.78. The number of rotatable bonds is 2. The molecule has 0 aliphatic carbocycles. The van der Waals surface area contributed by atoms with Gasteiger partial charge in [0, 0.05) is 0 Å². The molecule has 0 bridgehead atoms. The van der Waals surface area contributed by atoms with Gasteiger partial charge in [0.25, 0.3) is 0 Å². The maximum absolute atomic E-state index is 5.54. The predicted octanol–water partition coefficient (Wildman–Crippen LogP) is 2.48. The van der Waals surface area contributed by atoms with Crippen LogP contribution in [0.25, 0.3) is 0 Å². The van der Waals surface area contributed by atoms with Crippen molar-refractivity contribution in [1.82, 2.24) is 0 Å². The third-order valence-electron chi connectivity index (χ3n) is 1.66. The molecule has 0 aromatic heterocycles. The van der Waals surface area contributed by atoms with E-state index in [4.69, 9.17) is 5.73 Å². The van der Waals surface area contributed by atoms with Gasteiger partial charge >= 0.3 is 0 Å². The molecular weight excluding hydrogens is 148 g/mol. The fraction of sp³-hybridized carbons (Fsp3) is 0.500. The van der Waals surface area contributed by atoms with Crippen LogP contribution in [0.15, 0.2) is 28.5 Å². The Labute approximate surface area is 74.9 Å². The third kappa shape index (κ3) is 3.37. The zero-order valence-electron chi connectivity index (χ0n) is 8.39. The van der Waals surface area contributed by atoms with Gasteiger partial charge in [0.05, 0.1) is 0 Å². The highest BCUT2D eigenvalue weighted by Gasteiger charge is 2.13. The lowest BCUT2D eigenvalue weighted by Crippen LogP contribution is -2.09.